The molecule has 21 heavy (non-hydrogen) atoms. The van der Waals surface area contributed by atoms with Crippen molar-refractivity contribution >= 4 is 11.7 Å². The van der Waals surface area contributed by atoms with Crippen LogP contribution in [0.1, 0.15) is 25.0 Å². The van der Waals surface area contributed by atoms with Crippen molar-refractivity contribution < 1.29 is 9.62 Å². The minimum atomic E-state index is -0.0264. The first-order chi connectivity index (χ1) is 10.3. The summed E-state index contributed by atoms with van der Waals surface area (Å²) in [6.07, 6.45) is 3.43. The average molecular weight is 286 g/mol. The molecule has 0 saturated carbocycles. The van der Waals surface area contributed by atoms with Crippen molar-refractivity contribution in [2.45, 2.75) is 19.3 Å². The lowest BCUT2D eigenvalue weighted by Gasteiger charge is -2.26. The van der Waals surface area contributed by atoms with Crippen LogP contribution >= 0.6 is 0 Å². The predicted molar refractivity (Wildman–Crippen MR) is 80.5 cm³/mol. The number of amidine groups is 1. The Morgan fingerprint density at radius 3 is 2.57 bits per heavy atom. The van der Waals surface area contributed by atoms with Gasteiger partial charge in [0, 0.05) is 18.7 Å². The van der Waals surface area contributed by atoms with Gasteiger partial charge in [-0.05, 0) is 31.4 Å². The fraction of sp³-hybridized carbons (Fsp3) is 0.333. The summed E-state index contributed by atoms with van der Waals surface area (Å²) in [7, 11) is 0. The molecular formula is C15H18N4O2. The van der Waals surface area contributed by atoms with Crippen molar-refractivity contribution in [2.75, 3.05) is 18.0 Å². The summed E-state index contributed by atoms with van der Waals surface area (Å²) in [6, 6.07) is 9.61. The van der Waals surface area contributed by atoms with Gasteiger partial charge in [0.1, 0.15) is 0 Å². The molecule has 0 radical (unpaired) electrons. The number of nitrogens with zero attached hydrogens (tertiary/aromatic N) is 3. The summed E-state index contributed by atoms with van der Waals surface area (Å²) >= 11 is 0. The number of benzene rings is 1. The molecule has 3 rings (SSSR count). The maximum absolute atomic E-state index is 8.95. The van der Waals surface area contributed by atoms with Gasteiger partial charge >= 0.3 is 0 Å². The molecule has 1 aliphatic heterocycles. The molecule has 110 valence electrons. The molecule has 0 aliphatic carbocycles. The summed E-state index contributed by atoms with van der Waals surface area (Å²) < 4.78 is 5.91. The third-order valence-corrected chi connectivity index (χ3v) is 3.62. The Kier molecular flexibility index (Phi) is 3.77. The largest absolute Gasteiger partial charge is 0.420 e. The molecule has 1 aromatic carbocycles. The molecule has 2 aromatic rings. The average Bonchev–Trinajstić information content (AvgIpc) is 3.01. The van der Waals surface area contributed by atoms with E-state index in [-0.39, 0.29) is 5.84 Å². The fourth-order valence-electron chi connectivity index (χ4n) is 2.54. The van der Waals surface area contributed by atoms with Crippen LogP contribution in [0.15, 0.2) is 39.9 Å². The minimum absolute atomic E-state index is 0.0264. The van der Waals surface area contributed by atoms with Crippen LogP contribution < -0.4 is 10.6 Å². The highest BCUT2D eigenvalue weighted by Gasteiger charge is 2.24. The molecule has 6 nitrogen and oxygen atoms in total. The number of oxime groups is 1. The standard InChI is InChI=1S/C15H18N4O2/c16-13(18-20)12-15(19-9-5-2-6-10-19)21-14(17-12)11-7-3-1-4-8-11/h1,3-4,7-8,20H,2,5-6,9-10H2,(H2,16,18). The van der Waals surface area contributed by atoms with Crippen molar-refractivity contribution in [3.05, 3.63) is 36.0 Å². The molecule has 1 fully saturated rings. The summed E-state index contributed by atoms with van der Waals surface area (Å²) in [5.74, 6) is 1.04. The van der Waals surface area contributed by atoms with Gasteiger partial charge in [-0.1, -0.05) is 23.4 Å². The number of hydrogen-bond donors (Lipinski definition) is 2. The van der Waals surface area contributed by atoms with Gasteiger partial charge < -0.3 is 20.3 Å². The monoisotopic (exact) mass is 286 g/mol. The van der Waals surface area contributed by atoms with Crippen LogP contribution in [0.4, 0.5) is 5.88 Å². The van der Waals surface area contributed by atoms with E-state index in [1.165, 1.54) is 6.42 Å². The molecule has 3 N–H and O–H groups in total. The van der Waals surface area contributed by atoms with E-state index in [1.54, 1.807) is 0 Å². The molecule has 6 heteroatoms. The highest BCUT2D eigenvalue weighted by atomic mass is 16.4. The van der Waals surface area contributed by atoms with Gasteiger partial charge in [-0.3, -0.25) is 0 Å². The summed E-state index contributed by atoms with van der Waals surface area (Å²) in [5.41, 5.74) is 7.01. The second-order valence-electron chi connectivity index (χ2n) is 5.07. The van der Waals surface area contributed by atoms with E-state index < -0.39 is 0 Å². The van der Waals surface area contributed by atoms with Gasteiger partial charge in [0.2, 0.25) is 11.8 Å². The number of anilines is 1. The molecule has 1 aromatic heterocycles. The van der Waals surface area contributed by atoms with Crippen molar-refractivity contribution in [1.82, 2.24) is 4.98 Å². The second kappa shape index (κ2) is 5.87. The fourth-order valence-corrected chi connectivity index (χ4v) is 2.54. The van der Waals surface area contributed by atoms with Crippen molar-refractivity contribution in [2.24, 2.45) is 10.9 Å². The molecule has 0 unspecified atom stereocenters. The van der Waals surface area contributed by atoms with Crippen LogP contribution in [0.3, 0.4) is 0 Å². The number of oxazole rings is 1. The van der Waals surface area contributed by atoms with Crippen LogP contribution in [0.25, 0.3) is 11.5 Å². The van der Waals surface area contributed by atoms with Crippen LogP contribution in [0.5, 0.6) is 0 Å². The van der Waals surface area contributed by atoms with Gasteiger partial charge in [-0.25, -0.2) is 4.98 Å². The first kappa shape index (κ1) is 13.5. The normalized spacial score (nSPS) is 16.2. The van der Waals surface area contributed by atoms with Gasteiger partial charge in [-0.2, -0.15) is 0 Å². The van der Waals surface area contributed by atoms with E-state index in [9.17, 15) is 0 Å². The summed E-state index contributed by atoms with van der Waals surface area (Å²) in [4.78, 5) is 6.51. The number of rotatable bonds is 3. The zero-order valence-corrected chi connectivity index (χ0v) is 11.7. The summed E-state index contributed by atoms with van der Waals surface area (Å²) in [5, 5.41) is 12.0. The minimum Gasteiger partial charge on any atom is -0.420 e. The highest BCUT2D eigenvalue weighted by Crippen LogP contribution is 2.30. The Morgan fingerprint density at radius 2 is 1.90 bits per heavy atom. The molecule has 0 atom stereocenters. The Hall–Kier alpha value is -2.50. The number of piperidine rings is 1. The smallest absolute Gasteiger partial charge is 0.229 e. The Labute approximate surface area is 122 Å². The van der Waals surface area contributed by atoms with Gasteiger partial charge in [0.15, 0.2) is 11.5 Å². The van der Waals surface area contributed by atoms with Crippen LogP contribution in [-0.2, 0) is 0 Å². The molecule has 0 bridgehead atoms. The zero-order valence-electron chi connectivity index (χ0n) is 11.7. The van der Waals surface area contributed by atoms with Crippen LogP contribution in [0.2, 0.25) is 0 Å². The van der Waals surface area contributed by atoms with E-state index >= 15 is 0 Å². The summed E-state index contributed by atoms with van der Waals surface area (Å²) in [6.45, 7) is 1.80. The van der Waals surface area contributed by atoms with Crippen LogP contribution in [-0.4, -0.2) is 29.1 Å². The molecule has 1 aliphatic rings. The topological polar surface area (TPSA) is 87.9 Å². The second-order valence-corrected chi connectivity index (χ2v) is 5.07. The predicted octanol–water partition coefficient (Wildman–Crippen LogP) is 2.43. The Morgan fingerprint density at radius 1 is 1.19 bits per heavy atom. The highest BCUT2D eigenvalue weighted by molar-refractivity contribution is 5.99. The zero-order chi connectivity index (χ0) is 14.7. The van der Waals surface area contributed by atoms with Crippen molar-refractivity contribution in [3.63, 3.8) is 0 Å². The lowest BCUT2D eigenvalue weighted by molar-refractivity contribution is 0.318. The van der Waals surface area contributed by atoms with E-state index in [1.807, 2.05) is 30.3 Å². The quantitative estimate of drug-likeness (QED) is 0.391. The molecule has 2 heterocycles. The molecule has 0 amide bonds. The Balaban J connectivity index is 2.03. The van der Waals surface area contributed by atoms with Crippen LogP contribution in [0, 0.1) is 0 Å². The van der Waals surface area contributed by atoms with E-state index in [2.05, 4.69) is 15.0 Å². The number of aromatic nitrogens is 1. The van der Waals surface area contributed by atoms with E-state index in [4.69, 9.17) is 15.4 Å². The van der Waals surface area contributed by atoms with Gasteiger partial charge in [0.05, 0.1) is 0 Å². The van der Waals surface area contributed by atoms with Gasteiger partial charge in [0.25, 0.3) is 0 Å². The first-order valence-electron chi connectivity index (χ1n) is 7.08. The molecular weight excluding hydrogens is 268 g/mol. The van der Waals surface area contributed by atoms with Crippen molar-refractivity contribution in [3.8, 4) is 11.5 Å². The number of nitrogens with two attached hydrogens (primary N) is 1. The maximum Gasteiger partial charge on any atom is 0.229 e. The van der Waals surface area contributed by atoms with Crippen molar-refractivity contribution in [1.29, 1.82) is 0 Å². The third-order valence-electron chi connectivity index (χ3n) is 3.62. The number of hydrogen-bond acceptors (Lipinski definition) is 5. The SMILES string of the molecule is N/C(=N\O)c1nc(-c2ccccc2)oc1N1CCCCC1. The first-order valence-corrected chi connectivity index (χ1v) is 7.08. The maximum atomic E-state index is 8.95. The lowest BCUT2D eigenvalue weighted by Crippen LogP contribution is -2.31. The van der Waals surface area contributed by atoms with Gasteiger partial charge in [-0.15, -0.1) is 0 Å². The van der Waals surface area contributed by atoms with E-state index in [0.29, 0.717) is 17.5 Å². The third kappa shape index (κ3) is 2.69. The Bertz CT molecular complexity index is 630. The lowest BCUT2D eigenvalue weighted by atomic mass is 10.1. The molecule has 0 spiro atoms. The molecule has 1 saturated heterocycles. The van der Waals surface area contributed by atoms with E-state index in [0.717, 1.165) is 31.5 Å².